The number of benzene rings is 1. The van der Waals surface area contributed by atoms with E-state index in [1.165, 1.54) is 0 Å². The monoisotopic (exact) mass is 404 g/mol. The van der Waals surface area contributed by atoms with Crippen molar-refractivity contribution in [2.45, 2.75) is 20.3 Å². The molecule has 0 aliphatic rings. The van der Waals surface area contributed by atoms with Crippen LogP contribution in [0, 0.1) is 13.8 Å². The number of carbonyl (C=O) groups is 1. The van der Waals surface area contributed by atoms with E-state index in [2.05, 4.69) is 31.0 Å². The third-order valence-corrected chi connectivity index (χ3v) is 3.87. The minimum atomic E-state index is -0.400. The number of carbonyl (C=O) groups excluding carboxylic acids is 1. The predicted molar refractivity (Wildman–Crippen MR) is 94.6 cm³/mol. The third kappa shape index (κ3) is 4.54. The van der Waals surface area contributed by atoms with Crippen molar-refractivity contribution in [2.75, 3.05) is 13.2 Å². The van der Waals surface area contributed by atoms with Gasteiger partial charge in [-0.25, -0.2) is 9.50 Å². The summed E-state index contributed by atoms with van der Waals surface area (Å²) in [7, 11) is 0. The van der Waals surface area contributed by atoms with Crippen LogP contribution >= 0.6 is 15.9 Å². The van der Waals surface area contributed by atoms with Crippen LogP contribution < -0.4 is 4.74 Å². The molecule has 2 aromatic heterocycles. The van der Waals surface area contributed by atoms with E-state index in [9.17, 15) is 4.79 Å². The summed E-state index contributed by atoms with van der Waals surface area (Å²) in [6, 6.07) is 9.37. The van der Waals surface area contributed by atoms with Crippen molar-refractivity contribution in [3.8, 4) is 5.75 Å². The maximum atomic E-state index is 11.9. The molecule has 0 radical (unpaired) electrons. The molecule has 0 N–H and O–H groups in total. The fourth-order valence-electron chi connectivity index (χ4n) is 2.33. The Morgan fingerprint density at radius 1 is 1.20 bits per heavy atom. The fourth-order valence-corrected chi connectivity index (χ4v) is 2.71. The summed E-state index contributed by atoms with van der Waals surface area (Å²) in [5.74, 6) is 1.19. The molecule has 25 heavy (non-hydrogen) atoms. The molecule has 3 rings (SSSR count). The summed E-state index contributed by atoms with van der Waals surface area (Å²) in [5.41, 5.74) is 1.77. The van der Waals surface area contributed by atoms with Crippen molar-refractivity contribution in [2.24, 2.45) is 0 Å². The van der Waals surface area contributed by atoms with Gasteiger partial charge in [0.15, 0.2) is 5.82 Å². The maximum absolute atomic E-state index is 11.9. The van der Waals surface area contributed by atoms with E-state index < -0.39 is 5.97 Å². The van der Waals surface area contributed by atoms with Gasteiger partial charge in [-0.1, -0.05) is 22.0 Å². The Balaban J connectivity index is 1.50. The molecule has 0 atom stereocenters. The number of hydrogen-bond acceptors (Lipinski definition) is 6. The van der Waals surface area contributed by atoms with Crippen LogP contribution in [0.1, 0.15) is 17.2 Å². The summed E-state index contributed by atoms with van der Waals surface area (Å²) in [4.78, 5) is 20.5. The molecule has 7 nitrogen and oxygen atoms in total. The largest absolute Gasteiger partial charge is 0.490 e. The second-order valence-corrected chi connectivity index (χ2v) is 6.40. The van der Waals surface area contributed by atoms with Gasteiger partial charge in [0.05, 0.1) is 0 Å². The van der Waals surface area contributed by atoms with E-state index in [0.717, 1.165) is 15.9 Å². The third-order valence-electron chi connectivity index (χ3n) is 3.38. The first kappa shape index (κ1) is 17.3. The minimum Gasteiger partial charge on any atom is -0.490 e. The maximum Gasteiger partial charge on any atom is 0.313 e. The molecule has 0 spiro atoms. The van der Waals surface area contributed by atoms with Crippen LogP contribution in [0.3, 0.4) is 0 Å². The Hall–Kier alpha value is -2.48. The topological polar surface area (TPSA) is 78.6 Å². The highest BCUT2D eigenvalue weighted by molar-refractivity contribution is 9.10. The SMILES string of the molecule is Cc1cc(C)n2nc(CC(=O)OCCOc3cccc(Br)c3)nc2n1. The lowest BCUT2D eigenvalue weighted by Crippen LogP contribution is -2.14. The number of nitrogens with zero attached hydrogens (tertiary/aromatic N) is 4. The van der Waals surface area contributed by atoms with Gasteiger partial charge in [-0.05, 0) is 38.1 Å². The van der Waals surface area contributed by atoms with Crippen LogP contribution in [-0.2, 0) is 16.0 Å². The Morgan fingerprint density at radius 3 is 2.84 bits per heavy atom. The number of fused-ring (bicyclic) bond motifs is 1. The summed E-state index contributed by atoms with van der Waals surface area (Å²) >= 11 is 3.37. The normalized spacial score (nSPS) is 10.8. The Morgan fingerprint density at radius 2 is 2.04 bits per heavy atom. The van der Waals surface area contributed by atoms with Crippen LogP contribution in [0.2, 0.25) is 0 Å². The highest BCUT2D eigenvalue weighted by atomic mass is 79.9. The molecule has 2 heterocycles. The molecule has 0 unspecified atom stereocenters. The van der Waals surface area contributed by atoms with Crippen molar-refractivity contribution in [1.82, 2.24) is 19.6 Å². The Bertz CT molecular complexity index is 910. The van der Waals surface area contributed by atoms with Crippen molar-refractivity contribution >= 4 is 27.7 Å². The van der Waals surface area contributed by atoms with Gasteiger partial charge in [-0.3, -0.25) is 4.79 Å². The van der Waals surface area contributed by atoms with E-state index in [1.54, 1.807) is 4.52 Å². The van der Waals surface area contributed by atoms with E-state index in [0.29, 0.717) is 17.4 Å². The molecule has 130 valence electrons. The van der Waals surface area contributed by atoms with Gasteiger partial charge in [-0.15, -0.1) is 5.10 Å². The highest BCUT2D eigenvalue weighted by Gasteiger charge is 2.12. The first-order chi connectivity index (χ1) is 12.0. The first-order valence-corrected chi connectivity index (χ1v) is 8.54. The van der Waals surface area contributed by atoms with Gasteiger partial charge in [0.25, 0.3) is 5.78 Å². The number of rotatable bonds is 6. The van der Waals surface area contributed by atoms with E-state index in [4.69, 9.17) is 9.47 Å². The fraction of sp³-hybridized carbons (Fsp3) is 0.294. The second kappa shape index (κ2) is 7.60. The van der Waals surface area contributed by atoms with E-state index in [1.807, 2.05) is 44.2 Å². The zero-order valence-corrected chi connectivity index (χ0v) is 15.5. The summed E-state index contributed by atoms with van der Waals surface area (Å²) in [5, 5.41) is 4.28. The average Bonchev–Trinajstić information content (AvgIpc) is 2.94. The molecule has 0 aliphatic heterocycles. The van der Waals surface area contributed by atoms with Crippen molar-refractivity contribution < 1.29 is 14.3 Å². The molecule has 0 saturated heterocycles. The minimum absolute atomic E-state index is 0.00126. The van der Waals surface area contributed by atoms with Crippen LogP contribution in [0.15, 0.2) is 34.8 Å². The smallest absolute Gasteiger partial charge is 0.313 e. The van der Waals surface area contributed by atoms with Crippen LogP contribution in [0.4, 0.5) is 0 Å². The van der Waals surface area contributed by atoms with Gasteiger partial charge in [0.2, 0.25) is 0 Å². The highest BCUT2D eigenvalue weighted by Crippen LogP contribution is 2.17. The molecule has 0 aliphatic carbocycles. The number of esters is 1. The number of aryl methyl sites for hydroxylation is 2. The molecule has 0 saturated carbocycles. The second-order valence-electron chi connectivity index (χ2n) is 5.48. The van der Waals surface area contributed by atoms with Crippen molar-refractivity contribution in [3.05, 3.63) is 52.0 Å². The Labute approximate surface area is 153 Å². The van der Waals surface area contributed by atoms with Gasteiger partial charge in [0, 0.05) is 15.9 Å². The first-order valence-electron chi connectivity index (χ1n) is 7.75. The molecular formula is C17H17BrN4O3. The lowest BCUT2D eigenvalue weighted by molar-refractivity contribution is -0.143. The molecule has 0 amide bonds. The zero-order valence-electron chi connectivity index (χ0n) is 13.9. The molecule has 1 aromatic carbocycles. The average molecular weight is 405 g/mol. The lowest BCUT2D eigenvalue weighted by atomic mass is 10.3. The Kier molecular flexibility index (Phi) is 5.28. The number of halogens is 1. The van der Waals surface area contributed by atoms with Crippen molar-refractivity contribution in [3.63, 3.8) is 0 Å². The van der Waals surface area contributed by atoms with Crippen LogP contribution in [-0.4, -0.2) is 38.8 Å². The lowest BCUT2D eigenvalue weighted by Gasteiger charge is -2.07. The molecule has 8 heteroatoms. The van der Waals surface area contributed by atoms with Gasteiger partial charge in [-0.2, -0.15) is 4.98 Å². The molecule has 0 fully saturated rings. The van der Waals surface area contributed by atoms with Crippen LogP contribution in [0.25, 0.3) is 5.78 Å². The van der Waals surface area contributed by atoms with E-state index >= 15 is 0 Å². The number of hydrogen-bond donors (Lipinski definition) is 0. The quantitative estimate of drug-likeness (QED) is 0.464. The van der Waals surface area contributed by atoms with Crippen molar-refractivity contribution in [1.29, 1.82) is 0 Å². The predicted octanol–water partition coefficient (Wildman–Crippen LogP) is 2.67. The standard InChI is InChI=1S/C17H17BrN4O3/c1-11-8-12(2)22-17(19-11)20-15(21-22)10-16(23)25-7-6-24-14-5-3-4-13(18)9-14/h3-5,8-9H,6-7,10H2,1-2H3. The summed E-state index contributed by atoms with van der Waals surface area (Å²) in [6.45, 7) is 4.24. The molecular weight excluding hydrogens is 388 g/mol. The van der Waals surface area contributed by atoms with Gasteiger partial charge >= 0.3 is 5.97 Å². The zero-order chi connectivity index (χ0) is 17.8. The summed E-state index contributed by atoms with van der Waals surface area (Å²) < 4.78 is 13.2. The van der Waals surface area contributed by atoms with Gasteiger partial charge < -0.3 is 9.47 Å². The van der Waals surface area contributed by atoms with Crippen LogP contribution in [0.5, 0.6) is 5.75 Å². The number of aromatic nitrogens is 4. The molecule has 3 aromatic rings. The number of ether oxygens (including phenoxy) is 2. The summed E-state index contributed by atoms with van der Waals surface area (Å²) in [6.07, 6.45) is -0.00126. The van der Waals surface area contributed by atoms with E-state index in [-0.39, 0.29) is 19.6 Å². The molecule has 0 bridgehead atoms. The van der Waals surface area contributed by atoms with Gasteiger partial charge in [0.1, 0.15) is 25.4 Å².